The summed E-state index contributed by atoms with van der Waals surface area (Å²) in [5, 5.41) is 0. The molecule has 0 aromatic carbocycles. The molecule has 0 heterocycles. The second-order valence-corrected chi connectivity index (χ2v) is 6.04. The molecule has 0 aliphatic heterocycles. The number of hydrogen-bond acceptors (Lipinski definition) is 0. The van der Waals surface area contributed by atoms with Gasteiger partial charge in [0.05, 0.1) is 0 Å². The van der Waals surface area contributed by atoms with Crippen LogP contribution in [0.5, 0.6) is 0 Å². The van der Waals surface area contributed by atoms with Crippen LogP contribution in [0, 0.1) is 17.8 Å². The number of unbranched alkanes of at least 4 members (excludes halogenated alkanes) is 2. The monoisotopic (exact) mass is 224 g/mol. The first-order valence-corrected chi connectivity index (χ1v) is 7.77. The normalized spacial score (nSPS) is 19.7. The van der Waals surface area contributed by atoms with Gasteiger partial charge in [0.2, 0.25) is 0 Å². The molecule has 1 aliphatic carbocycles. The van der Waals surface area contributed by atoms with Gasteiger partial charge in [-0.15, -0.1) is 0 Å². The Morgan fingerprint density at radius 3 is 2.12 bits per heavy atom. The zero-order chi connectivity index (χ0) is 11.8. The Morgan fingerprint density at radius 2 is 1.56 bits per heavy atom. The molecule has 0 saturated heterocycles. The first kappa shape index (κ1) is 14.1. The van der Waals surface area contributed by atoms with Gasteiger partial charge in [-0.2, -0.15) is 0 Å². The number of hydrogen-bond donors (Lipinski definition) is 0. The summed E-state index contributed by atoms with van der Waals surface area (Å²) < 4.78 is 0. The fourth-order valence-electron chi connectivity index (χ4n) is 2.80. The highest BCUT2D eigenvalue weighted by molar-refractivity contribution is 4.76. The van der Waals surface area contributed by atoms with Crippen LogP contribution < -0.4 is 0 Å². The van der Waals surface area contributed by atoms with E-state index in [9.17, 15) is 0 Å². The lowest BCUT2D eigenvalue weighted by Crippen LogP contribution is -2.12. The van der Waals surface area contributed by atoms with Crippen LogP contribution in [0.25, 0.3) is 0 Å². The topological polar surface area (TPSA) is 0 Å². The first-order valence-electron chi connectivity index (χ1n) is 7.77. The molecule has 1 rings (SSSR count). The van der Waals surface area contributed by atoms with Crippen molar-refractivity contribution in [3.8, 4) is 0 Å². The maximum absolute atomic E-state index is 2.50. The number of rotatable bonds is 10. The molecule has 16 heavy (non-hydrogen) atoms. The Bertz CT molecular complexity index is 157. The van der Waals surface area contributed by atoms with Crippen molar-refractivity contribution in [1.29, 1.82) is 0 Å². The van der Waals surface area contributed by atoms with Crippen LogP contribution >= 0.6 is 0 Å². The van der Waals surface area contributed by atoms with E-state index in [0.717, 1.165) is 17.8 Å². The quantitative estimate of drug-likeness (QED) is 0.439. The van der Waals surface area contributed by atoms with Crippen LogP contribution in [-0.4, -0.2) is 0 Å². The van der Waals surface area contributed by atoms with Crippen molar-refractivity contribution in [2.24, 2.45) is 17.8 Å². The van der Waals surface area contributed by atoms with Gasteiger partial charge in [-0.3, -0.25) is 0 Å². The van der Waals surface area contributed by atoms with Gasteiger partial charge >= 0.3 is 0 Å². The van der Waals surface area contributed by atoms with Crippen LogP contribution in [0.3, 0.4) is 0 Å². The molecule has 1 saturated carbocycles. The summed E-state index contributed by atoms with van der Waals surface area (Å²) in [5.41, 5.74) is 0. The van der Waals surface area contributed by atoms with Crippen molar-refractivity contribution >= 4 is 0 Å². The SMILES string of the molecule is CCCCC(C)C(CCCC)CCC1CC1. The van der Waals surface area contributed by atoms with E-state index in [1.165, 1.54) is 64.2 Å². The molecule has 96 valence electrons. The minimum absolute atomic E-state index is 0.977. The molecule has 0 spiro atoms. The molecule has 2 unspecified atom stereocenters. The van der Waals surface area contributed by atoms with Gasteiger partial charge in [0.15, 0.2) is 0 Å². The third-order valence-electron chi connectivity index (χ3n) is 4.39. The van der Waals surface area contributed by atoms with E-state index < -0.39 is 0 Å². The van der Waals surface area contributed by atoms with Crippen molar-refractivity contribution in [3.63, 3.8) is 0 Å². The second kappa shape index (κ2) is 8.14. The lowest BCUT2D eigenvalue weighted by Gasteiger charge is -2.24. The van der Waals surface area contributed by atoms with E-state index in [1.807, 2.05) is 0 Å². The highest BCUT2D eigenvalue weighted by atomic mass is 14.3. The summed E-state index contributed by atoms with van der Waals surface area (Å²) in [4.78, 5) is 0. The Labute approximate surface area is 103 Å². The van der Waals surface area contributed by atoms with E-state index in [-0.39, 0.29) is 0 Å². The molecule has 0 bridgehead atoms. The van der Waals surface area contributed by atoms with Crippen LogP contribution in [0.4, 0.5) is 0 Å². The van der Waals surface area contributed by atoms with Crippen molar-refractivity contribution in [2.75, 3.05) is 0 Å². The predicted octanol–water partition coefficient (Wildman–Crippen LogP) is 5.81. The van der Waals surface area contributed by atoms with Gasteiger partial charge < -0.3 is 0 Å². The Hall–Kier alpha value is 0. The molecule has 0 nitrogen and oxygen atoms in total. The van der Waals surface area contributed by atoms with Gasteiger partial charge in [-0.1, -0.05) is 78.6 Å². The lowest BCUT2D eigenvalue weighted by atomic mass is 9.82. The van der Waals surface area contributed by atoms with Crippen LogP contribution in [0.1, 0.15) is 85.0 Å². The third-order valence-corrected chi connectivity index (χ3v) is 4.39. The first-order chi connectivity index (χ1) is 7.77. The fourth-order valence-corrected chi connectivity index (χ4v) is 2.80. The van der Waals surface area contributed by atoms with Gasteiger partial charge in [-0.05, 0) is 24.2 Å². The van der Waals surface area contributed by atoms with E-state index in [0.29, 0.717) is 0 Å². The van der Waals surface area contributed by atoms with Gasteiger partial charge in [-0.25, -0.2) is 0 Å². The lowest BCUT2D eigenvalue weighted by molar-refractivity contribution is 0.277. The van der Waals surface area contributed by atoms with Crippen LogP contribution in [0.15, 0.2) is 0 Å². The molecule has 0 heteroatoms. The summed E-state index contributed by atoms with van der Waals surface area (Å²) in [6, 6.07) is 0. The van der Waals surface area contributed by atoms with E-state index in [1.54, 1.807) is 0 Å². The summed E-state index contributed by atoms with van der Waals surface area (Å²) in [6.45, 7) is 7.15. The molecule has 0 aromatic heterocycles. The van der Waals surface area contributed by atoms with Crippen molar-refractivity contribution in [2.45, 2.75) is 85.0 Å². The Balaban J connectivity index is 2.21. The molecule has 2 atom stereocenters. The summed E-state index contributed by atoms with van der Waals surface area (Å²) in [7, 11) is 0. The molecule has 0 aromatic rings. The Kier molecular flexibility index (Phi) is 7.16. The smallest absolute Gasteiger partial charge is 0.0388 e. The average molecular weight is 224 g/mol. The van der Waals surface area contributed by atoms with E-state index in [4.69, 9.17) is 0 Å². The average Bonchev–Trinajstić information content (AvgIpc) is 3.10. The highest BCUT2D eigenvalue weighted by Gasteiger charge is 2.24. The van der Waals surface area contributed by atoms with Crippen molar-refractivity contribution in [1.82, 2.24) is 0 Å². The van der Waals surface area contributed by atoms with Crippen LogP contribution in [-0.2, 0) is 0 Å². The van der Waals surface area contributed by atoms with E-state index in [2.05, 4.69) is 20.8 Å². The van der Waals surface area contributed by atoms with Gasteiger partial charge in [0, 0.05) is 0 Å². The molecule has 1 fully saturated rings. The minimum Gasteiger partial charge on any atom is -0.0654 e. The summed E-state index contributed by atoms with van der Waals surface area (Å²) in [5.74, 6) is 3.14. The zero-order valence-corrected chi connectivity index (χ0v) is 11.8. The highest BCUT2D eigenvalue weighted by Crippen LogP contribution is 2.37. The molecule has 1 aliphatic rings. The molecule has 0 N–H and O–H groups in total. The van der Waals surface area contributed by atoms with E-state index >= 15 is 0 Å². The summed E-state index contributed by atoms with van der Waals surface area (Å²) in [6.07, 6.45) is 14.7. The third kappa shape index (κ3) is 5.92. The van der Waals surface area contributed by atoms with Crippen LogP contribution in [0.2, 0.25) is 0 Å². The molecular formula is C16H32. The van der Waals surface area contributed by atoms with Gasteiger partial charge in [0.25, 0.3) is 0 Å². The van der Waals surface area contributed by atoms with Crippen molar-refractivity contribution in [3.05, 3.63) is 0 Å². The van der Waals surface area contributed by atoms with Crippen molar-refractivity contribution < 1.29 is 0 Å². The largest absolute Gasteiger partial charge is 0.0654 e. The second-order valence-electron chi connectivity index (χ2n) is 6.04. The standard InChI is InChI=1S/C16H32/c1-4-6-8-14(3)16(9-7-5-2)13-12-15-10-11-15/h14-16H,4-13H2,1-3H3. The molecular weight excluding hydrogens is 192 g/mol. The fraction of sp³-hybridized carbons (Fsp3) is 1.00. The predicted molar refractivity (Wildman–Crippen MR) is 73.7 cm³/mol. The molecule has 0 amide bonds. The maximum atomic E-state index is 2.50. The zero-order valence-electron chi connectivity index (χ0n) is 11.8. The summed E-state index contributed by atoms with van der Waals surface area (Å²) >= 11 is 0. The Morgan fingerprint density at radius 1 is 0.938 bits per heavy atom. The molecule has 0 radical (unpaired) electrons. The maximum Gasteiger partial charge on any atom is -0.0388 e. The minimum atomic E-state index is 0.977. The van der Waals surface area contributed by atoms with Gasteiger partial charge in [0.1, 0.15) is 0 Å².